The van der Waals surface area contributed by atoms with Crippen molar-refractivity contribution in [2.45, 2.75) is 25.5 Å². The molecule has 98 valence electrons. The molecule has 18 heavy (non-hydrogen) atoms. The van der Waals surface area contributed by atoms with Crippen molar-refractivity contribution in [2.24, 2.45) is 7.05 Å². The van der Waals surface area contributed by atoms with Crippen molar-refractivity contribution in [2.75, 3.05) is 6.26 Å². The maximum Gasteiger partial charge on any atom is 0.195 e. The molecule has 2 heterocycles. The average molecular weight is 300 g/mol. The minimum atomic E-state index is 0.386. The standard InChI is InChI=1S/C11H16N4S3/c1-6(2)8-9(18-7(12-8)5-17-4)10-13-14-11(16)15(10)3/h6H,5H2,1-4H3,(H,14,16). The van der Waals surface area contributed by atoms with Gasteiger partial charge in [-0.1, -0.05) is 13.8 Å². The molecule has 0 amide bonds. The van der Waals surface area contributed by atoms with Gasteiger partial charge in [-0.25, -0.2) is 4.98 Å². The number of aromatic amines is 1. The fraction of sp³-hybridized carbons (Fsp3) is 0.545. The lowest BCUT2D eigenvalue weighted by Crippen LogP contribution is -1.96. The van der Waals surface area contributed by atoms with Crippen molar-refractivity contribution in [3.05, 3.63) is 15.5 Å². The summed E-state index contributed by atoms with van der Waals surface area (Å²) in [6.45, 7) is 4.31. The lowest BCUT2D eigenvalue weighted by Gasteiger charge is -2.04. The number of nitrogens with zero attached hydrogens (tertiary/aromatic N) is 3. The Morgan fingerprint density at radius 1 is 1.50 bits per heavy atom. The highest BCUT2D eigenvalue weighted by atomic mass is 32.2. The van der Waals surface area contributed by atoms with Crippen LogP contribution in [0.25, 0.3) is 10.7 Å². The maximum atomic E-state index is 5.17. The molecule has 1 N–H and O–H groups in total. The molecule has 0 aliphatic heterocycles. The monoisotopic (exact) mass is 300 g/mol. The van der Waals surface area contributed by atoms with Crippen molar-refractivity contribution in [3.8, 4) is 10.7 Å². The van der Waals surface area contributed by atoms with E-state index < -0.39 is 0 Å². The minimum Gasteiger partial charge on any atom is -0.303 e. The van der Waals surface area contributed by atoms with Crippen molar-refractivity contribution >= 4 is 35.3 Å². The van der Waals surface area contributed by atoms with Crippen LogP contribution in [0.15, 0.2) is 0 Å². The van der Waals surface area contributed by atoms with Gasteiger partial charge in [0.15, 0.2) is 10.6 Å². The van der Waals surface area contributed by atoms with E-state index in [9.17, 15) is 0 Å². The van der Waals surface area contributed by atoms with Gasteiger partial charge in [-0.2, -0.15) is 16.9 Å². The second-order valence-corrected chi connectivity index (χ2v) is 6.66. The third kappa shape index (κ3) is 2.53. The average Bonchev–Trinajstić information content (AvgIpc) is 2.85. The molecule has 2 aromatic heterocycles. The maximum absolute atomic E-state index is 5.17. The van der Waals surface area contributed by atoms with Crippen LogP contribution < -0.4 is 0 Å². The van der Waals surface area contributed by atoms with E-state index in [0.717, 1.165) is 27.2 Å². The van der Waals surface area contributed by atoms with Gasteiger partial charge in [-0.15, -0.1) is 11.3 Å². The largest absolute Gasteiger partial charge is 0.303 e. The zero-order valence-corrected chi connectivity index (χ0v) is 13.3. The second-order valence-electron chi connectivity index (χ2n) is 4.32. The number of hydrogen-bond acceptors (Lipinski definition) is 5. The SMILES string of the molecule is CSCc1nc(C(C)C)c(-c2n[nH]c(=S)n2C)s1. The van der Waals surface area contributed by atoms with Crippen LogP contribution in [0, 0.1) is 4.77 Å². The first-order chi connectivity index (χ1) is 8.54. The predicted octanol–water partition coefficient (Wildman–Crippen LogP) is 3.59. The van der Waals surface area contributed by atoms with Crippen LogP contribution in [0.2, 0.25) is 0 Å². The molecule has 0 saturated heterocycles. The normalized spacial score (nSPS) is 11.4. The molecule has 0 aliphatic rings. The summed E-state index contributed by atoms with van der Waals surface area (Å²) in [6.07, 6.45) is 2.09. The Labute approximate surface area is 120 Å². The smallest absolute Gasteiger partial charge is 0.195 e. The van der Waals surface area contributed by atoms with Gasteiger partial charge in [-0.3, -0.25) is 5.10 Å². The first-order valence-electron chi connectivity index (χ1n) is 5.65. The minimum absolute atomic E-state index is 0.386. The number of hydrogen-bond donors (Lipinski definition) is 1. The second kappa shape index (κ2) is 5.54. The summed E-state index contributed by atoms with van der Waals surface area (Å²) in [7, 11) is 1.93. The molecule has 0 unspecified atom stereocenters. The van der Waals surface area contributed by atoms with Crippen LogP contribution >= 0.6 is 35.3 Å². The predicted molar refractivity (Wildman–Crippen MR) is 80.8 cm³/mol. The molecule has 0 aliphatic carbocycles. The summed E-state index contributed by atoms with van der Waals surface area (Å²) in [5.41, 5.74) is 1.11. The molecule has 2 rings (SSSR count). The number of H-pyrrole nitrogens is 1. The Balaban J connectivity index is 2.55. The molecule has 0 radical (unpaired) electrons. The number of thioether (sulfide) groups is 1. The van der Waals surface area contributed by atoms with Gasteiger partial charge in [0.2, 0.25) is 0 Å². The molecule has 4 nitrogen and oxygen atoms in total. The van der Waals surface area contributed by atoms with Gasteiger partial charge < -0.3 is 4.57 Å². The first kappa shape index (κ1) is 13.8. The van der Waals surface area contributed by atoms with Crippen molar-refractivity contribution < 1.29 is 0 Å². The lowest BCUT2D eigenvalue weighted by atomic mass is 10.1. The van der Waals surface area contributed by atoms with Crippen LogP contribution in [-0.4, -0.2) is 26.0 Å². The summed E-state index contributed by atoms with van der Waals surface area (Å²) >= 11 is 8.66. The number of thiazole rings is 1. The van der Waals surface area contributed by atoms with Crippen LogP contribution in [0.5, 0.6) is 0 Å². The highest BCUT2D eigenvalue weighted by Crippen LogP contribution is 2.34. The summed E-state index contributed by atoms with van der Waals surface area (Å²) in [5.74, 6) is 2.21. The number of rotatable bonds is 4. The topological polar surface area (TPSA) is 46.5 Å². The molecule has 2 aromatic rings. The zero-order valence-electron chi connectivity index (χ0n) is 10.9. The molecule has 0 fully saturated rings. The van der Waals surface area contributed by atoms with E-state index in [2.05, 4.69) is 30.3 Å². The molecule has 0 spiro atoms. The molecule has 7 heteroatoms. The van der Waals surface area contributed by atoms with E-state index in [1.807, 2.05) is 11.6 Å². The summed E-state index contributed by atoms with van der Waals surface area (Å²) in [4.78, 5) is 5.85. The third-order valence-corrected chi connectivity index (χ3v) is 4.77. The Bertz CT molecular complexity index is 594. The number of nitrogens with one attached hydrogen (secondary N) is 1. The van der Waals surface area contributed by atoms with Gasteiger partial charge in [0, 0.05) is 12.8 Å². The van der Waals surface area contributed by atoms with E-state index >= 15 is 0 Å². The lowest BCUT2D eigenvalue weighted by molar-refractivity contribution is 0.823. The van der Waals surface area contributed by atoms with Crippen molar-refractivity contribution in [1.82, 2.24) is 19.7 Å². The number of aromatic nitrogens is 4. The van der Waals surface area contributed by atoms with E-state index in [-0.39, 0.29) is 0 Å². The molecular formula is C11H16N4S3. The van der Waals surface area contributed by atoms with E-state index in [1.165, 1.54) is 0 Å². The van der Waals surface area contributed by atoms with Gasteiger partial charge in [0.1, 0.15) is 5.01 Å². The Morgan fingerprint density at radius 3 is 2.72 bits per heavy atom. The summed E-state index contributed by atoms with van der Waals surface area (Å²) < 4.78 is 2.54. The van der Waals surface area contributed by atoms with Crippen molar-refractivity contribution in [1.29, 1.82) is 0 Å². The van der Waals surface area contributed by atoms with Crippen LogP contribution in [-0.2, 0) is 12.8 Å². The van der Waals surface area contributed by atoms with Crippen LogP contribution in [0.4, 0.5) is 0 Å². The first-order valence-corrected chi connectivity index (χ1v) is 8.26. The fourth-order valence-electron chi connectivity index (χ4n) is 1.66. The molecule has 0 saturated carbocycles. The van der Waals surface area contributed by atoms with E-state index in [0.29, 0.717) is 10.7 Å². The Hall–Kier alpha value is -0.660. The molecule has 0 aromatic carbocycles. The molecule has 0 atom stereocenters. The zero-order chi connectivity index (χ0) is 13.3. The van der Waals surface area contributed by atoms with Gasteiger partial charge >= 0.3 is 0 Å². The third-order valence-electron chi connectivity index (χ3n) is 2.60. The van der Waals surface area contributed by atoms with E-state index in [1.54, 1.807) is 23.1 Å². The van der Waals surface area contributed by atoms with Gasteiger partial charge in [0.05, 0.1) is 10.6 Å². The quantitative estimate of drug-likeness (QED) is 0.877. The van der Waals surface area contributed by atoms with Gasteiger partial charge in [0.25, 0.3) is 0 Å². The molecule has 0 bridgehead atoms. The fourth-order valence-corrected chi connectivity index (χ4v) is 3.74. The Morgan fingerprint density at radius 2 is 2.22 bits per heavy atom. The highest BCUT2D eigenvalue weighted by Gasteiger charge is 2.19. The van der Waals surface area contributed by atoms with Gasteiger partial charge in [-0.05, 0) is 24.4 Å². The summed E-state index contributed by atoms with van der Waals surface area (Å²) in [6, 6.07) is 0. The van der Waals surface area contributed by atoms with Crippen LogP contribution in [0.3, 0.4) is 0 Å². The Kier molecular flexibility index (Phi) is 4.24. The molecular weight excluding hydrogens is 284 g/mol. The van der Waals surface area contributed by atoms with Crippen LogP contribution in [0.1, 0.15) is 30.5 Å². The van der Waals surface area contributed by atoms with Crippen molar-refractivity contribution in [3.63, 3.8) is 0 Å². The summed E-state index contributed by atoms with van der Waals surface area (Å²) in [5, 5.41) is 8.29. The van der Waals surface area contributed by atoms with E-state index in [4.69, 9.17) is 17.2 Å². The highest BCUT2D eigenvalue weighted by molar-refractivity contribution is 7.97.